The van der Waals surface area contributed by atoms with Gasteiger partial charge in [-0.25, -0.2) is 4.68 Å². The molecule has 0 aromatic carbocycles. The first-order valence-corrected chi connectivity index (χ1v) is 4.93. The second-order valence-electron chi connectivity index (χ2n) is 2.99. The second-order valence-corrected chi connectivity index (χ2v) is 3.33. The van der Waals surface area contributed by atoms with Crippen molar-refractivity contribution in [1.82, 2.24) is 24.7 Å². The van der Waals surface area contributed by atoms with Crippen LogP contribution in [0.5, 0.6) is 0 Å². The Bertz CT molecular complexity index is 567. The van der Waals surface area contributed by atoms with E-state index < -0.39 is 5.91 Å². The van der Waals surface area contributed by atoms with Gasteiger partial charge in [0.25, 0.3) is 11.9 Å². The summed E-state index contributed by atoms with van der Waals surface area (Å²) >= 11 is 5.71. The lowest BCUT2D eigenvalue weighted by atomic mass is 10.4. The van der Waals surface area contributed by atoms with Crippen molar-refractivity contribution in [3.8, 4) is 5.95 Å². The van der Waals surface area contributed by atoms with E-state index in [-0.39, 0.29) is 16.9 Å². The predicted molar refractivity (Wildman–Crippen MR) is 60.0 cm³/mol. The Balaban J connectivity index is 2.44. The summed E-state index contributed by atoms with van der Waals surface area (Å²) in [4.78, 5) is 22.6. The van der Waals surface area contributed by atoms with Gasteiger partial charge in [-0.1, -0.05) is 0 Å². The van der Waals surface area contributed by atoms with Gasteiger partial charge in [0.2, 0.25) is 11.2 Å². The largest absolute Gasteiger partial charge is 0.364 e. The molecule has 8 nitrogen and oxygen atoms in total. The third-order valence-electron chi connectivity index (χ3n) is 1.87. The second kappa shape index (κ2) is 4.34. The van der Waals surface area contributed by atoms with Gasteiger partial charge in [0.15, 0.2) is 0 Å². The zero-order valence-corrected chi connectivity index (χ0v) is 9.51. The number of nitrogens with one attached hydrogen (secondary N) is 1. The Morgan fingerprint density at radius 3 is 2.82 bits per heavy atom. The molecule has 88 valence electrons. The van der Waals surface area contributed by atoms with Crippen LogP contribution in [0.1, 0.15) is 10.5 Å². The average molecular weight is 254 g/mol. The van der Waals surface area contributed by atoms with E-state index in [4.69, 9.17) is 17.3 Å². The highest BCUT2D eigenvalue weighted by Crippen LogP contribution is 2.09. The van der Waals surface area contributed by atoms with E-state index in [0.29, 0.717) is 5.95 Å². The van der Waals surface area contributed by atoms with E-state index in [0.717, 1.165) is 0 Å². The number of aromatic nitrogens is 5. The molecule has 17 heavy (non-hydrogen) atoms. The summed E-state index contributed by atoms with van der Waals surface area (Å²) in [6, 6.07) is 1.46. The minimum Gasteiger partial charge on any atom is -0.364 e. The van der Waals surface area contributed by atoms with Crippen molar-refractivity contribution < 1.29 is 4.79 Å². The third kappa shape index (κ3) is 2.31. The topological polar surface area (TPSA) is 112 Å². The van der Waals surface area contributed by atoms with Gasteiger partial charge in [-0.05, 0) is 17.7 Å². The smallest absolute Gasteiger partial charge is 0.269 e. The lowest BCUT2D eigenvalue weighted by Gasteiger charge is -2.02. The number of carbonyl (C=O) groups is 1. The molecule has 2 aromatic heterocycles. The van der Waals surface area contributed by atoms with E-state index in [1.54, 1.807) is 7.05 Å². The summed E-state index contributed by atoms with van der Waals surface area (Å²) in [6.07, 6.45) is 1.51. The normalized spacial score (nSPS) is 10.2. The summed E-state index contributed by atoms with van der Waals surface area (Å²) in [6.45, 7) is 0. The van der Waals surface area contributed by atoms with Gasteiger partial charge in [-0.15, -0.1) is 0 Å². The number of hydrogen-bond acceptors (Lipinski definition) is 6. The van der Waals surface area contributed by atoms with E-state index in [1.165, 1.54) is 16.9 Å². The maximum atomic E-state index is 10.9. The van der Waals surface area contributed by atoms with Crippen LogP contribution in [0.2, 0.25) is 5.28 Å². The number of nitrogens with zero attached hydrogens (tertiary/aromatic N) is 5. The lowest BCUT2D eigenvalue weighted by molar-refractivity contribution is 0.0995. The molecule has 0 aliphatic carbocycles. The Morgan fingerprint density at radius 1 is 1.47 bits per heavy atom. The van der Waals surface area contributed by atoms with Crippen molar-refractivity contribution in [3.05, 3.63) is 23.2 Å². The summed E-state index contributed by atoms with van der Waals surface area (Å²) in [5.74, 6) is -0.129. The molecule has 2 heterocycles. The average Bonchev–Trinajstić information content (AvgIpc) is 2.77. The molecule has 0 aliphatic rings. The molecule has 0 radical (unpaired) electrons. The summed E-state index contributed by atoms with van der Waals surface area (Å²) in [5, 5.41) is 6.65. The Kier molecular flexibility index (Phi) is 2.88. The highest BCUT2D eigenvalue weighted by Gasteiger charge is 2.10. The van der Waals surface area contributed by atoms with Gasteiger partial charge in [-0.3, -0.25) is 4.79 Å². The molecular weight excluding hydrogens is 246 g/mol. The molecule has 2 rings (SSSR count). The van der Waals surface area contributed by atoms with Crippen LogP contribution in [0.25, 0.3) is 5.95 Å². The van der Waals surface area contributed by atoms with Crippen molar-refractivity contribution in [1.29, 1.82) is 0 Å². The van der Waals surface area contributed by atoms with Crippen LogP contribution in [-0.4, -0.2) is 37.7 Å². The highest BCUT2D eigenvalue weighted by atomic mass is 35.5. The number of anilines is 1. The molecule has 0 unspecified atom stereocenters. The van der Waals surface area contributed by atoms with E-state index in [9.17, 15) is 4.79 Å². The molecule has 3 N–H and O–H groups in total. The zero-order chi connectivity index (χ0) is 12.4. The number of nitrogens with two attached hydrogens (primary N) is 1. The SMILES string of the molecule is CNc1nc(Cl)nc(-n2ccc(C(N)=O)n2)n1. The summed E-state index contributed by atoms with van der Waals surface area (Å²) in [7, 11) is 1.65. The van der Waals surface area contributed by atoms with Gasteiger partial charge < -0.3 is 11.1 Å². The molecule has 0 saturated carbocycles. The summed E-state index contributed by atoms with van der Waals surface area (Å²) < 4.78 is 1.29. The number of primary amides is 1. The number of rotatable bonds is 3. The molecule has 0 bridgehead atoms. The first-order valence-electron chi connectivity index (χ1n) is 4.55. The molecule has 0 spiro atoms. The first-order chi connectivity index (χ1) is 8.10. The maximum absolute atomic E-state index is 10.9. The summed E-state index contributed by atoms with van der Waals surface area (Å²) in [5.41, 5.74) is 5.20. The fourth-order valence-corrected chi connectivity index (χ4v) is 1.28. The van der Waals surface area contributed by atoms with Gasteiger partial charge in [0, 0.05) is 13.2 Å². The highest BCUT2D eigenvalue weighted by molar-refractivity contribution is 6.28. The molecule has 0 atom stereocenters. The number of carbonyl (C=O) groups excluding carboxylic acids is 1. The number of halogens is 1. The zero-order valence-electron chi connectivity index (χ0n) is 8.75. The molecule has 1 amide bonds. The number of hydrogen-bond donors (Lipinski definition) is 2. The molecule has 9 heteroatoms. The van der Waals surface area contributed by atoms with Gasteiger partial charge in [-0.2, -0.15) is 20.1 Å². The Hall–Kier alpha value is -2.22. The molecule has 0 aliphatic heterocycles. The van der Waals surface area contributed by atoms with E-state index in [1.807, 2.05) is 0 Å². The fraction of sp³-hybridized carbons (Fsp3) is 0.125. The quantitative estimate of drug-likeness (QED) is 0.787. The first kappa shape index (κ1) is 11.3. The van der Waals surface area contributed by atoms with Gasteiger partial charge in [0.1, 0.15) is 5.69 Å². The monoisotopic (exact) mass is 253 g/mol. The Labute approximate surface area is 101 Å². The van der Waals surface area contributed by atoms with Crippen molar-refractivity contribution in [2.45, 2.75) is 0 Å². The van der Waals surface area contributed by atoms with Crippen LogP contribution >= 0.6 is 11.6 Å². The molecule has 2 aromatic rings. The standard InChI is InChI=1S/C8H8ClN7O/c1-11-7-12-6(9)13-8(14-7)16-3-2-4(15-16)5(10)17/h2-3H,1H3,(H2,10,17)(H,11,12,13,14). The van der Waals surface area contributed by atoms with Crippen molar-refractivity contribution >= 4 is 23.5 Å². The van der Waals surface area contributed by atoms with E-state index in [2.05, 4.69) is 25.4 Å². The maximum Gasteiger partial charge on any atom is 0.269 e. The van der Waals surface area contributed by atoms with Crippen LogP contribution in [0.15, 0.2) is 12.3 Å². The van der Waals surface area contributed by atoms with Crippen LogP contribution in [0.3, 0.4) is 0 Å². The van der Waals surface area contributed by atoms with Gasteiger partial charge >= 0.3 is 0 Å². The molecule has 0 saturated heterocycles. The lowest BCUT2D eigenvalue weighted by Crippen LogP contribution is -2.13. The van der Waals surface area contributed by atoms with Crippen LogP contribution in [-0.2, 0) is 0 Å². The Morgan fingerprint density at radius 2 is 2.24 bits per heavy atom. The van der Waals surface area contributed by atoms with Crippen LogP contribution in [0, 0.1) is 0 Å². The van der Waals surface area contributed by atoms with Crippen molar-refractivity contribution in [2.24, 2.45) is 5.73 Å². The third-order valence-corrected chi connectivity index (χ3v) is 2.04. The van der Waals surface area contributed by atoms with Crippen molar-refractivity contribution in [3.63, 3.8) is 0 Å². The van der Waals surface area contributed by atoms with Crippen molar-refractivity contribution in [2.75, 3.05) is 12.4 Å². The minimum atomic E-state index is -0.627. The van der Waals surface area contributed by atoms with Crippen LogP contribution in [0.4, 0.5) is 5.95 Å². The van der Waals surface area contributed by atoms with Gasteiger partial charge in [0.05, 0.1) is 0 Å². The van der Waals surface area contributed by atoms with Crippen LogP contribution < -0.4 is 11.1 Å². The predicted octanol–water partition coefficient (Wildman–Crippen LogP) is -0.149. The molecular formula is C8H8ClN7O. The van der Waals surface area contributed by atoms with E-state index >= 15 is 0 Å². The number of amides is 1. The molecule has 0 fully saturated rings. The fourth-order valence-electron chi connectivity index (χ4n) is 1.12. The minimum absolute atomic E-state index is 0.0236.